The Labute approximate surface area is 466 Å². The van der Waals surface area contributed by atoms with Crippen molar-refractivity contribution in [1.82, 2.24) is 49.9 Å². The van der Waals surface area contributed by atoms with E-state index < -0.39 is 0 Å². The van der Waals surface area contributed by atoms with Crippen molar-refractivity contribution >= 4 is 46.3 Å². The molecule has 4 atom stereocenters. The standard InChI is InChI=1S/C28H35N11O2S.C16H21NS.C6H11NO.C5H10O.C3H8/c1-2-39-18-23(34-36-39)40-16-4-3-11-37-12-6-13-38(15-14-37)28-31-10-9-21(32-28)26-33-27(41-35-26)19-7-5-8-22-24(19)20(17-29)25(30)42-22;1-11(2)9-12(3)14-5-7-15(8-6-14)16-13(4)17-10-18-16;1-6-3-2-4-7(6)5-8;1-3-5(2)4-6;1-3-2/h9-10,18-19H,2-8,11-16,30H2,1H3;5-8,10-12H,9H2,1-4H3;5-6H,2-4H2,1H3;4-5H,3H2,1-2H3;3H2,1-2H3. The van der Waals surface area contributed by atoms with Crippen LogP contribution in [0.3, 0.4) is 0 Å². The lowest BCUT2D eigenvalue weighted by Gasteiger charge is -2.22. The maximum Gasteiger partial charge on any atom is 0.253 e. The maximum atomic E-state index is 10.1. The van der Waals surface area contributed by atoms with Crippen LogP contribution >= 0.6 is 22.7 Å². The summed E-state index contributed by atoms with van der Waals surface area (Å²) in [6, 6.07) is 13.6. The van der Waals surface area contributed by atoms with Gasteiger partial charge < -0.3 is 34.5 Å². The van der Waals surface area contributed by atoms with Crippen LogP contribution in [0.5, 0.6) is 5.88 Å². The quantitative estimate of drug-likeness (QED) is 0.0665. The van der Waals surface area contributed by atoms with Crippen molar-refractivity contribution in [2.75, 3.05) is 56.5 Å². The number of unbranched alkanes of at least 4 members (excludes halogenated alkanes) is 1. The molecule has 19 heteroatoms. The third-order valence-corrected chi connectivity index (χ3v) is 15.9. The Balaban J connectivity index is 0.000000254. The van der Waals surface area contributed by atoms with Gasteiger partial charge in [0.1, 0.15) is 23.1 Å². The minimum atomic E-state index is -0.126. The number of anilines is 2. The number of hydrogen-bond donors (Lipinski definition) is 1. The molecule has 5 aromatic heterocycles. The van der Waals surface area contributed by atoms with Gasteiger partial charge in [-0.2, -0.15) is 10.2 Å². The predicted molar refractivity (Wildman–Crippen MR) is 310 cm³/mol. The number of nitrogens with zero attached hydrogens (tertiary/aromatic N) is 12. The second kappa shape index (κ2) is 32.6. The van der Waals surface area contributed by atoms with Crippen LogP contribution in [0.2, 0.25) is 0 Å². The van der Waals surface area contributed by atoms with Crippen LogP contribution in [0.15, 0.2) is 52.8 Å². The normalized spacial score (nSPS) is 16.9. The molecule has 2 saturated heterocycles. The SMILES string of the molecule is CC1CCCN1C=O.CCC.CCC(C)C=O.CCn1cc(OCCCCN2CCCN(c3nccc(-c4noc(C5CCCc6sc(N)c(C#N)c65)n4)n3)CC2)nn1.Cc1ncsc1-c1ccc(C(C)CC(C)C)cc1. The number of thiazole rings is 1. The molecule has 9 rings (SSSR count). The second-order valence-electron chi connectivity index (χ2n) is 20.6. The number of carbonyl (C=O) groups is 2. The topological polar surface area (TPSA) is 211 Å². The molecule has 3 aliphatic rings. The summed E-state index contributed by atoms with van der Waals surface area (Å²) in [5.41, 5.74) is 14.0. The Morgan fingerprint density at radius 3 is 2.34 bits per heavy atom. The first-order chi connectivity index (χ1) is 37.3. The second-order valence-corrected chi connectivity index (χ2v) is 22.6. The minimum Gasteiger partial charge on any atom is -0.475 e. The molecule has 1 amide bonds. The molecular weight excluding hydrogens is 1010 g/mol. The highest BCUT2D eigenvalue weighted by atomic mass is 32.1. The fraction of sp³-hybridized carbons (Fsp3) is 0.586. The molecule has 4 unspecified atom stereocenters. The number of amides is 1. The lowest BCUT2D eigenvalue weighted by atomic mass is 9.85. The van der Waals surface area contributed by atoms with Gasteiger partial charge in [0.05, 0.1) is 40.4 Å². The number of fused-ring (bicyclic) bond motifs is 1. The molecule has 2 N–H and O–H groups in total. The van der Waals surface area contributed by atoms with Crippen molar-refractivity contribution in [3.63, 3.8) is 0 Å². The number of aromatic nitrogens is 8. The third kappa shape index (κ3) is 18.8. The Morgan fingerprint density at radius 2 is 1.73 bits per heavy atom. The monoisotopic (exact) mass is 1090 g/mol. The molecule has 1 aliphatic carbocycles. The summed E-state index contributed by atoms with van der Waals surface area (Å²) < 4.78 is 13.2. The summed E-state index contributed by atoms with van der Waals surface area (Å²) in [4.78, 5) is 47.3. The average molecular weight is 1090 g/mol. The molecule has 6 aromatic rings. The molecule has 0 bridgehead atoms. The van der Waals surface area contributed by atoms with Gasteiger partial charge in [-0.25, -0.2) is 19.6 Å². The number of hydrogen-bond acceptors (Lipinski definition) is 17. The highest BCUT2D eigenvalue weighted by Crippen LogP contribution is 2.44. The number of rotatable bonds is 17. The van der Waals surface area contributed by atoms with Gasteiger partial charge in [-0.3, -0.25) is 4.79 Å². The summed E-state index contributed by atoms with van der Waals surface area (Å²) >= 11 is 3.21. The van der Waals surface area contributed by atoms with Crippen LogP contribution in [0.1, 0.15) is 172 Å². The Bertz CT molecular complexity index is 2690. The van der Waals surface area contributed by atoms with E-state index in [0.29, 0.717) is 58.4 Å². The van der Waals surface area contributed by atoms with E-state index in [4.69, 9.17) is 25.0 Å². The van der Waals surface area contributed by atoms with Crippen LogP contribution in [0.25, 0.3) is 22.0 Å². The van der Waals surface area contributed by atoms with E-state index in [1.165, 1.54) is 53.0 Å². The summed E-state index contributed by atoms with van der Waals surface area (Å²) in [5.74, 6) is 3.72. The number of aldehydes is 1. The van der Waals surface area contributed by atoms with Crippen molar-refractivity contribution < 1.29 is 18.8 Å². The smallest absolute Gasteiger partial charge is 0.253 e. The Kier molecular flexibility index (Phi) is 26.1. The first-order valence-corrected chi connectivity index (χ1v) is 29.6. The van der Waals surface area contributed by atoms with E-state index in [1.807, 2.05) is 43.4 Å². The summed E-state index contributed by atoms with van der Waals surface area (Å²) in [7, 11) is 0. The Hall–Kier alpha value is -6.10. The number of benzene rings is 1. The van der Waals surface area contributed by atoms with Gasteiger partial charge in [-0.1, -0.05) is 94.6 Å². The first-order valence-electron chi connectivity index (χ1n) is 27.9. The predicted octanol–water partition coefficient (Wildman–Crippen LogP) is 12.0. The summed E-state index contributed by atoms with van der Waals surface area (Å²) in [6.07, 6.45) is 17.1. The fourth-order valence-corrected chi connectivity index (χ4v) is 11.2. The first kappa shape index (κ1) is 61.7. The number of ether oxygens (including phenoxy) is 1. The van der Waals surface area contributed by atoms with Gasteiger partial charge in [0.15, 0.2) is 0 Å². The van der Waals surface area contributed by atoms with Gasteiger partial charge in [-0.05, 0) is 133 Å². The molecule has 17 nitrogen and oxygen atoms in total. The van der Waals surface area contributed by atoms with E-state index in [9.17, 15) is 14.9 Å². The minimum absolute atomic E-state index is 0.126. The van der Waals surface area contributed by atoms with Crippen LogP contribution in [-0.2, 0) is 22.6 Å². The van der Waals surface area contributed by atoms with E-state index in [2.05, 4.69) is 114 Å². The zero-order chi connectivity index (χ0) is 55.7. The van der Waals surface area contributed by atoms with Crippen molar-refractivity contribution in [3.8, 4) is 33.9 Å². The molecule has 0 radical (unpaired) electrons. The lowest BCUT2D eigenvalue weighted by molar-refractivity contribution is -0.118. The van der Waals surface area contributed by atoms with Crippen LogP contribution in [0.4, 0.5) is 10.9 Å². The molecule has 418 valence electrons. The van der Waals surface area contributed by atoms with E-state index in [0.717, 1.165) is 126 Å². The third-order valence-electron chi connectivity index (χ3n) is 13.8. The van der Waals surface area contributed by atoms with Gasteiger partial charge in [-0.15, -0.1) is 22.7 Å². The average Bonchev–Trinajstić information content (AvgIpc) is 4.30. The maximum absolute atomic E-state index is 10.1. The lowest BCUT2D eigenvalue weighted by Crippen LogP contribution is -2.32. The van der Waals surface area contributed by atoms with Crippen LogP contribution < -0.4 is 15.4 Å². The van der Waals surface area contributed by atoms with Crippen LogP contribution in [-0.4, -0.2) is 114 Å². The fourth-order valence-electron chi connectivity index (χ4n) is 9.25. The molecule has 1 aromatic carbocycles. The van der Waals surface area contributed by atoms with E-state index in [1.54, 1.807) is 22.2 Å². The van der Waals surface area contributed by atoms with Gasteiger partial charge in [0, 0.05) is 55.8 Å². The molecule has 0 spiro atoms. The van der Waals surface area contributed by atoms with E-state index in [-0.39, 0.29) is 11.8 Å². The van der Waals surface area contributed by atoms with Gasteiger partial charge >= 0.3 is 0 Å². The molecular formula is C58H85N13O4S2. The molecule has 0 saturated carbocycles. The molecule has 2 fully saturated rings. The highest BCUT2D eigenvalue weighted by molar-refractivity contribution is 7.16. The van der Waals surface area contributed by atoms with Crippen molar-refractivity contribution in [3.05, 3.63) is 81.4 Å². The van der Waals surface area contributed by atoms with E-state index >= 15 is 0 Å². The summed E-state index contributed by atoms with van der Waals surface area (Å²) in [6.45, 7) is 28.3. The van der Waals surface area contributed by atoms with Crippen molar-refractivity contribution in [1.29, 1.82) is 5.26 Å². The number of aryl methyl sites for hydroxylation is 3. The summed E-state index contributed by atoms with van der Waals surface area (Å²) in [5, 5.41) is 22.5. The largest absolute Gasteiger partial charge is 0.475 e. The number of carbonyl (C=O) groups excluding carboxylic acids is 2. The van der Waals surface area contributed by atoms with Crippen LogP contribution in [0, 0.1) is 30.1 Å². The van der Waals surface area contributed by atoms with Gasteiger partial charge in [0.25, 0.3) is 5.88 Å². The van der Waals surface area contributed by atoms with Crippen molar-refractivity contribution in [2.45, 2.75) is 164 Å². The van der Waals surface area contributed by atoms with Crippen molar-refractivity contribution in [2.24, 2.45) is 11.8 Å². The number of likely N-dealkylation sites (tertiary alicyclic amines) is 1. The number of nitrogens with two attached hydrogens (primary N) is 1. The number of thiophene rings is 1. The molecule has 2 aliphatic heterocycles. The Morgan fingerprint density at radius 1 is 0.948 bits per heavy atom. The zero-order valence-corrected chi connectivity index (χ0v) is 49.1. The number of nitriles is 1. The molecule has 77 heavy (non-hydrogen) atoms. The molecule has 7 heterocycles. The number of nitrogen functional groups attached to an aromatic ring is 1. The highest BCUT2D eigenvalue weighted by Gasteiger charge is 2.33. The zero-order valence-electron chi connectivity index (χ0n) is 47.5. The van der Waals surface area contributed by atoms with Gasteiger partial charge in [0.2, 0.25) is 24.1 Å².